The zero-order chi connectivity index (χ0) is 9.35. The minimum atomic E-state index is -0.589. The van der Waals surface area contributed by atoms with Crippen molar-refractivity contribution < 1.29 is 4.55 Å². The molecule has 1 fully saturated rings. The Bertz CT molecular complexity index is 159. The molecule has 0 N–H and O–H groups in total. The lowest BCUT2D eigenvalue weighted by Gasteiger charge is -2.44. The van der Waals surface area contributed by atoms with Crippen molar-refractivity contribution in [2.45, 2.75) is 39.3 Å². The predicted octanol–water partition coefficient (Wildman–Crippen LogP) is 1.24. The zero-order valence-electron chi connectivity index (χ0n) is 8.46. The molecule has 1 heterocycles. The topological polar surface area (TPSA) is 26.3 Å². The third-order valence-electron chi connectivity index (χ3n) is 2.47. The monoisotopic (exact) mass is 189 g/mol. The lowest BCUT2D eigenvalue weighted by molar-refractivity contribution is 0.102. The average molecular weight is 189 g/mol. The van der Waals surface area contributed by atoms with Gasteiger partial charge in [-0.3, -0.25) is 4.90 Å². The summed E-state index contributed by atoms with van der Waals surface area (Å²) in [5.74, 6) is 1.67. The molecule has 1 atom stereocenters. The molecule has 1 rings (SSSR count). The molecule has 72 valence electrons. The van der Waals surface area contributed by atoms with Crippen molar-refractivity contribution in [3.63, 3.8) is 0 Å². The first-order valence-corrected chi connectivity index (χ1v) is 6.04. The van der Waals surface area contributed by atoms with Crippen molar-refractivity contribution in [3.05, 3.63) is 0 Å². The Hall–Kier alpha value is 0.270. The summed E-state index contributed by atoms with van der Waals surface area (Å²) < 4.78 is 11.3. The van der Waals surface area contributed by atoms with E-state index >= 15 is 0 Å². The maximum atomic E-state index is 11.3. The summed E-state index contributed by atoms with van der Waals surface area (Å²) in [6.07, 6.45) is 0. The van der Waals surface area contributed by atoms with Crippen molar-refractivity contribution in [1.29, 1.82) is 0 Å². The van der Waals surface area contributed by atoms with Crippen molar-refractivity contribution in [2.75, 3.05) is 18.1 Å². The molecule has 1 saturated heterocycles. The van der Waals surface area contributed by atoms with Gasteiger partial charge in [-0.05, 0) is 27.7 Å². The van der Waals surface area contributed by atoms with Crippen LogP contribution in [-0.2, 0) is 11.2 Å². The summed E-state index contributed by atoms with van der Waals surface area (Å²) in [5, 5.41) is 0. The fourth-order valence-corrected chi connectivity index (χ4v) is 3.51. The Labute approximate surface area is 78.5 Å². The van der Waals surface area contributed by atoms with Crippen LogP contribution in [0.25, 0.3) is 0 Å². The minimum absolute atomic E-state index is 0.122. The molecular weight excluding hydrogens is 170 g/mol. The first-order valence-electron chi connectivity index (χ1n) is 4.55. The Morgan fingerprint density at radius 1 is 1.42 bits per heavy atom. The highest BCUT2D eigenvalue weighted by Crippen LogP contribution is 2.24. The second kappa shape index (κ2) is 3.56. The van der Waals surface area contributed by atoms with E-state index in [1.54, 1.807) is 0 Å². The quantitative estimate of drug-likeness (QED) is 0.580. The first kappa shape index (κ1) is 10.4. The molecule has 2 nitrogen and oxygen atoms in total. The van der Waals surface area contributed by atoms with Gasteiger partial charge in [-0.15, -0.1) is 0 Å². The molecule has 12 heavy (non-hydrogen) atoms. The van der Waals surface area contributed by atoms with Crippen LogP contribution in [0.1, 0.15) is 27.7 Å². The summed E-state index contributed by atoms with van der Waals surface area (Å²) in [6.45, 7) is 9.76. The highest BCUT2D eigenvalue weighted by Gasteiger charge is 2.37. The molecule has 0 aromatic rings. The minimum Gasteiger partial charge on any atom is -0.616 e. The number of hydrogen-bond acceptors (Lipinski definition) is 2. The van der Waals surface area contributed by atoms with Crippen LogP contribution in [-0.4, -0.2) is 39.1 Å². The Morgan fingerprint density at radius 2 is 2.00 bits per heavy atom. The standard InChI is InChI=1S/C9H19NOS/c1-8(2)10-5-6-12(11)7-9(10,3)4/h8H,5-7H2,1-4H3. The van der Waals surface area contributed by atoms with Gasteiger partial charge in [0, 0.05) is 12.6 Å². The van der Waals surface area contributed by atoms with Crippen LogP contribution in [0.5, 0.6) is 0 Å². The number of hydrogen-bond donors (Lipinski definition) is 0. The van der Waals surface area contributed by atoms with Gasteiger partial charge in [0.25, 0.3) is 0 Å². The second-order valence-corrected chi connectivity index (χ2v) is 5.96. The van der Waals surface area contributed by atoms with Crippen molar-refractivity contribution in [2.24, 2.45) is 0 Å². The molecule has 0 amide bonds. The van der Waals surface area contributed by atoms with Crippen LogP contribution in [0, 0.1) is 0 Å². The lowest BCUT2D eigenvalue weighted by Crippen LogP contribution is -2.57. The van der Waals surface area contributed by atoms with Gasteiger partial charge in [-0.1, -0.05) is 11.2 Å². The largest absolute Gasteiger partial charge is 0.616 e. The zero-order valence-corrected chi connectivity index (χ0v) is 9.28. The van der Waals surface area contributed by atoms with E-state index in [1.807, 2.05) is 0 Å². The SMILES string of the molecule is CC(C)N1CC[S+]([O-])CC1(C)C. The Balaban J connectivity index is 2.64. The molecule has 0 spiro atoms. The maximum Gasteiger partial charge on any atom is 0.123 e. The second-order valence-electron chi connectivity index (χ2n) is 4.39. The highest BCUT2D eigenvalue weighted by atomic mass is 32.2. The molecular formula is C9H19NOS. The van der Waals surface area contributed by atoms with Crippen molar-refractivity contribution in [1.82, 2.24) is 4.90 Å². The van der Waals surface area contributed by atoms with Crippen molar-refractivity contribution in [3.8, 4) is 0 Å². The molecule has 0 radical (unpaired) electrons. The molecule has 1 unspecified atom stereocenters. The maximum absolute atomic E-state index is 11.3. The van der Waals surface area contributed by atoms with Crippen LogP contribution in [0.3, 0.4) is 0 Å². The van der Waals surface area contributed by atoms with Gasteiger partial charge in [0.1, 0.15) is 11.5 Å². The van der Waals surface area contributed by atoms with Gasteiger partial charge >= 0.3 is 0 Å². The van der Waals surface area contributed by atoms with E-state index in [2.05, 4.69) is 32.6 Å². The summed E-state index contributed by atoms with van der Waals surface area (Å²) in [4.78, 5) is 2.44. The number of rotatable bonds is 1. The highest BCUT2D eigenvalue weighted by molar-refractivity contribution is 7.91. The summed E-state index contributed by atoms with van der Waals surface area (Å²) in [5.41, 5.74) is 0.122. The van der Waals surface area contributed by atoms with E-state index < -0.39 is 11.2 Å². The lowest BCUT2D eigenvalue weighted by atomic mass is 10.0. The molecule has 1 aliphatic rings. The van der Waals surface area contributed by atoms with Gasteiger partial charge in [-0.25, -0.2) is 0 Å². The van der Waals surface area contributed by atoms with E-state index in [0.29, 0.717) is 6.04 Å². The van der Waals surface area contributed by atoms with Gasteiger partial charge < -0.3 is 4.55 Å². The molecule has 0 aromatic carbocycles. The summed E-state index contributed by atoms with van der Waals surface area (Å²) in [7, 11) is 0. The third kappa shape index (κ3) is 2.15. The fraction of sp³-hybridized carbons (Fsp3) is 1.00. The molecule has 1 aliphatic heterocycles. The van der Waals surface area contributed by atoms with Gasteiger partial charge in [0.05, 0.1) is 5.54 Å². The third-order valence-corrected chi connectivity index (χ3v) is 4.14. The van der Waals surface area contributed by atoms with E-state index in [4.69, 9.17) is 0 Å². The smallest absolute Gasteiger partial charge is 0.123 e. The molecule has 0 aliphatic carbocycles. The number of nitrogens with zero attached hydrogens (tertiary/aromatic N) is 1. The van der Waals surface area contributed by atoms with Crippen LogP contribution < -0.4 is 0 Å². The molecule has 0 saturated carbocycles. The van der Waals surface area contributed by atoms with Gasteiger partial charge in [0.15, 0.2) is 0 Å². The molecule has 3 heteroatoms. The average Bonchev–Trinajstić information content (AvgIpc) is 1.82. The van der Waals surface area contributed by atoms with E-state index in [0.717, 1.165) is 18.1 Å². The van der Waals surface area contributed by atoms with Crippen LogP contribution in [0.15, 0.2) is 0 Å². The normalized spacial score (nSPS) is 31.0. The molecule has 0 bridgehead atoms. The summed E-state index contributed by atoms with van der Waals surface area (Å²) >= 11 is -0.589. The van der Waals surface area contributed by atoms with Crippen LogP contribution in [0.2, 0.25) is 0 Å². The predicted molar refractivity (Wildman–Crippen MR) is 53.8 cm³/mol. The van der Waals surface area contributed by atoms with E-state index in [1.165, 1.54) is 0 Å². The van der Waals surface area contributed by atoms with Crippen LogP contribution >= 0.6 is 0 Å². The van der Waals surface area contributed by atoms with E-state index in [9.17, 15) is 4.55 Å². The van der Waals surface area contributed by atoms with Gasteiger partial charge in [-0.2, -0.15) is 0 Å². The first-order chi connectivity index (χ1) is 5.43. The Morgan fingerprint density at radius 3 is 2.42 bits per heavy atom. The van der Waals surface area contributed by atoms with Crippen molar-refractivity contribution >= 4 is 11.2 Å². The van der Waals surface area contributed by atoms with Gasteiger partial charge in [0.2, 0.25) is 0 Å². The fourth-order valence-electron chi connectivity index (χ4n) is 2.01. The van der Waals surface area contributed by atoms with Crippen LogP contribution in [0.4, 0.5) is 0 Å². The molecule has 0 aromatic heterocycles. The summed E-state index contributed by atoms with van der Waals surface area (Å²) in [6, 6.07) is 0.567. The Kier molecular flexibility index (Phi) is 3.07. The van der Waals surface area contributed by atoms with E-state index in [-0.39, 0.29) is 5.54 Å².